The molecule has 0 aromatic heterocycles. The van der Waals surface area contributed by atoms with Crippen LogP contribution in [0.15, 0.2) is 54.6 Å². The molecule has 0 aliphatic rings. The summed E-state index contributed by atoms with van der Waals surface area (Å²) in [5.41, 5.74) is 0.604. The lowest BCUT2D eigenvalue weighted by atomic mass is 10.1. The van der Waals surface area contributed by atoms with E-state index in [2.05, 4.69) is 5.32 Å². The number of rotatable bonds is 6. The van der Waals surface area contributed by atoms with Gasteiger partial charge in [0, 0.05) is 19.2 Å². The summed E-state index contributed by atoms with van der Waals surface area (Å²) in [6.45, 7) is 0.750. The molecule has 7 nitrogen and oxygen atoms in total. The van der Waals surface area contributed by atoms with Crippen LogP contribution in [0.5, 0.6) is 0 Å². The third kappa shape index (κ3) is 5.09. The normalized spacial score (nSPS) is 9.81. The van der Waals surface area contributed by atoms with E-state index < -0.39 is 10.8 Å². The summed E-state index contributed by atoms with van der Waals surface area (Å²) in [5, 5.41) is 22.6. The van der Waals surface area contributed by atoms with Gasteiger partial charge in [0.05, 0.1) is 17.4 Å². The number of nitro benzene ring substituents is 1. The minimum absolute atomic E-state index is 0.0696. The summed E-state index contributed by atoms with van der Waals surface area (Å²) < 4.78 is 0. The van der Waals surface area contributed by atoms with E-state index in [0.29, 0.717) is 13.1 Å². The average Bonchev–Trinajstić information content (AvgIpc) is 2.65. The van der Waals surface area contributed by atoms with Gasteiger partial charge in [0.15, 0.2) is 5.11 Å². The van der Waals surface area contributed by atoms with Gasteiger partial charge in [-0.3, -0.25) is 20.2 Å². The van der Waals surface area contributed by atoms with E-state index >= 15 is 0 Å². The first-order valence-electron chi connectivity index (χ1n) is 7.77. The van der Waals surface area contributed by atoms with Crippen LogP contribution in [0, 0.1) is 21.4 Å². The Hall–Kier alpha value is -3.31. The SMILES string of the molecule is N#CCCN(Cc1ccccc1)C(=S)NC(=O)c1ccccc1[N+](=O)[O-]. The van der Waals surface area contributed by atoms with Crippen molar-refractivity contribution in [3.05, 3.63) is 75.8 Å². The fraction of sp³-hybridized carbons (Fsp3) is 0.167. The van der Waals surface area contributed by atoms with Crippen molar-refractivity contribution in [3.63, 3.8) is 0 Å². The van der Waals surface area contributed by atoms with Crippen LogP contribution in [0.4, 0.5) is 5.69 Å². The molecule has 26 heavy (non-hydrogen) atoms. The van der Waals surface area contributed by atoms with Gasteiger partial charge < -0.3 is 4.90 Å². The molecule has 132 valence electrons. The number of hydrogen-bond acceptors (Lipinski definition) is 5. The van der Waals surface area contributed by atoms with Crippen molar-refractivity contribution in [1.29, 1.82) is 5.26 Å². The van der Waals surface area contributed by atoms with Crippen LogP contribution in [0.1, 0.15) is 22.3 Å². The molecule has 1 N–H and O–H groups in total. The van der Waals surface area contributed by atoms with Gasteiger partial charge in [-0.15, -0.1) is 0 Å². The molecule has 0 unspecified atom stereocenters. The van der Waals surface area contributed by atoms with Crippen LogP contribution < -0.4 is 5.32 Å². The molecule has 8 heteroatoms. The lowest BCUT2D eigenvalue weighted by Crippen LogP contribution is -2.42. The Labute approximate surface area is 156 Å². The minimum atomic E-state index is -0.655. The third-order valence-corrected chi connectivity index (χ3v) is 3.92. The molecule has 0 radical (unpaired) electrons. The number of nitriles is 1. The molecule has 2 aromatic rings. The predicted octanol–water partition coefficient (Wildman–Crippen LogP) is 3.03. The van der Waals surface area contributed by atoms with E-state index in [1.807, 2.05) is 36.4 Å². The van der Waals surface area contributed by atoms with Crippen LogP contribution in [0.2, 0.25) is 0 Å². The number of para-hydroxylation sites is 1. The summed E-state index contributed by atoms with van der Waals surface area (Å²) in [6, 6.07) is 17.2. The van der Waals surface area contributed by atoms with E-state index in [1.54, 1.807) is 11.0 Å². The molecular weight excluding hydrogens is 352 g/mol. The molecule has 0 heterocycles. The fourth-order valence-electron chi connectivity index (χ4n) is 2.31. The first-order valence-corrected chi connectivity index (χ1v) is 8.18. The maximum atomic E-state index is 12.4. The van der Waals surface area contributed by atoms with Crippen molar-refractivity contribution >= 4 is 28.9 Å². The number of carbonyl (C=O) groups is 1. The first kappa shape index (κ1) is 19.0. The number of nitrogens with one attached hydrogen (secondary N) is 1. The zero-order valence-corrected chi connectivity index (χ0v) is 14.6. The smallest absolute Gasteiger partial charge is 0.282 e. The van der Waals surface area contributed by atoms with Crippen molar-refractivity contribution in [1.82, 2.24) is 10.2 Å². The zero-order valence-electron chi connectivity index (χ0n) is 13.8. The first-order chi connectivity index (χ1) is 12.5. The summed E-state index contributed by atoms with van der Waals surface area (Å²) in [7, 11) is 0. The highest BCUT2D eigenvalue weighted by Gasteiger charge is 2.21. The minimum Gasteiger partial charge on any atom is -0.344 e. The molecule has 0 saturated heterocycles. The maximum absolute atomic E-state index is 12.4. The van der Waals surface area contributed by atoms with Gasteiger partial charge in [0.25, 0.3) is 11.6 Å². The molecule has 1 amide bonds. The molecule has 0 spiro atoms. The van der Waals surface area contributed by atoms with E-state index in [9.17, 15) is 14.9 Å². The summed E-state index contributed by atoms with van der Waals surface area (Å²) in [5.74, 6) is -0.655. The van der Waals surface area contributed by atoms with Crippen molar-refractivity contribution in [2.75, 3.05) is 6.54 Å². The van der Waals surface area contributed by atoms with E-state index in [4.69, 9.17) is 17.5 Å². The second-order valence-electron chi connectivity index (χ2n) is 5.35. The van der Waals surface area contributed by atoms with Crippen LogP contribution in [0.3, 0.4) is 0 Å². The van der Waals surface area contributed by atoms with Crippen LogP contribution >= 0.6 is 12.2 Å². The Morgan fingerprint density at radius 1 is 1.19 bits per heavy atom. The van der Waals surface area contributed by atoms with Crippen molar-refractivity contribution in [3.8, 4) is 6.07 Å². The number of nitrogens with zero attached hydrogens (tertiary/aromatic N) is 3. The number of carbonyl (C=O) groups excluding carboxylic acids is 1. The molecule has 2 rings (SSSR count). The topological polar surface area (TPSA) is 99.3 Å². The van der Waals surface area contributed by atoms with Gasteiger partial charge in [0.2, 0.25) is 0 Å². The highest BCUT2D eigenvalue weighted by atomic mass is 32.1. The Morgan fingerprint density at radius 3 is 2.50 bits per heavy atom. The van der Waals surface area contributed by atoms with Gasteiger partial charge in [-0.05, 0) is 23.8 Å². The van der Waals surface area contributed by atoms with Gasteiger partial charge >= 0.3 is 0 Å². The van der Waals surface area contributed by atoms with Crippen molar-refractivity contribution in [2.45, 2.75) is 13.0 Å². The van der Waals surface area contributed by atoms with Crippen LogP contribution in [-0.2, 0) is 6.54 Å². The average molecular weight is 368 g/mol. The highest BCUT2D eigenvalue weighted by Crippen LogP contribution is 2.17. The Balaban J connectivity index is 2.14. The molecular formula is C18H16N4O3S. The highest BCUT2D eigenvalue weighted by molar-refractivity contribution is 7.80. The molecule has 0 fully saturated rings. The number of amides is 1. The van der Waals surface area contributed by atoms with Crippen LogP contribution in [0.25, 0.3) is 0 Å². The lowest BCUT2D eigenvalue weighted by molar-refractivity contribution is -0.385. The van der Waals surface area contributed by atoms with Gasteiger partial charge in [0.1, 0.15) is 5.56 Å². The second-order valence-corrected chi connectivity index (χ2v) is 5.74. The van der Waals surface area contributed by atoms with Crippen molar-refractivity contribution < 1.29 is 9.72 Å². The van der Waals surface area contributed by atoms with E-state index in [0.717, 1.165) is 5.56 Å². The van der Waals surface area contributed by atoms with Gasteiger partial charge in [-0.25, -0.2) is 0 Å². The molecule has 2 aromatic carbocycles. The summed E-state index contributed by atoms with van der Waals surface area (Å²) >= 11 is 5.29. The van der Waals surface area contributed by atoms with Crippen LogP contribution in [-0.4, -0.2) is 27.4 Å². The largest absolute Gasteiger partial charge is 0.344 e. The number of nitro groups is 1. The molecule has 0 bridgehead atoms. The monoisotopic (exact) mass is 368 g/mol. The van der Waals surface area contributed by atoms with E-state index in [-0.39, 0.29) is 22.8 Å². The molecule has 0 saturated carbocycles. The Bertz CT molecular complexity index is 849. The summed E-state index contributed by atoms with van der Waals surface area (Å²) in [4.78, 5) is 24.6. The summed E-state index contributed by atoms with van der Waals surface area (Å²) in [6.07, 6.45) is 0.230. The Morgan fingerprint density at radius 2 is 1.85 bits per heavy atom. The maximum Gasteiger partial charge on any atom is 0.282 e. The quantitative estimate of drug-likeness (QED) is 0.478. The van der Waals surface area contributed by atoms with Crippen molar-refractivity contribution in [2.24, 2.45) is 0 Å². The predicted molar refractivity (Wildman–Crippen MR) is 100 cm³/mol. The standard InChI is InChI=1S/C18H16N4O3S/c19-11-6-12-21(13-14-7-2-1-3-8-14)18(26)20-17(23)15-9-4-5-10-16(15)22(24)25/h1-5,7-10H,6,12-13H2,(H,20,23,26). The lowest BCUT2D eigenvalue weighted by Gasteiger charge is -2.24. The number of thiocarbonyl (C=S) groups is 1. The molecule has 0 aliphatic heterocycles. The zero-order chi connectivity index (χ0) is 18.9. The van der Waals surface area contributed by atoms with E-state index in [1.165, 1.54) is 18.2 Å². The Kier molecular flexibility index (Phi) is 6.76. The molecule has 0 atom stereocenters. The molecule has 0 aliphatic carbocycles. The third-order valence-electron chi connectivity index (χ3n) is 3.56. The second kappa shape index (κ2) is 9.25. The number of hydrogen-bond donors (Lipinski definition) is 1. The van der Waals surface area contributed by atoms with Gasteiger partial charge in [-0.2, -0.15) is 5.26 Å². The van der Waals surface area contributed by atoms with Gasteiger partial charge in [-0.1, -0.05) is 42.5 Å². The number of benzene rings is 2. The fourth-order valence-corrected chi connectivity index (χ4v) is 2.56.